The van der Waals surface area contributed by atoms with Crippen LogP contribution in [0, 0.1) is 0 Å². The Morgan fingerprint density at radius 2 is 1.40 bits per heavy atom. The van der Waals surface area contributed by atoms with Crippen molar-refractivity contribution < 1.29 is 29.4 Å². The zero-order valence-corrected chi connectivity index (χ0v) is 14.4. The van der Waals surface area contributed by atoms with Gasteiger partial charge in [0.15, 0.2) is 0 Å². The van der Waals surface area contributed by atoms with Crippen molar-refractivity contribution in [1.29, 1.82) is 0 Å². The molecule has 1 heterocycles. The van der Waals surface area contributed by atoms with Crippen molar-refractivity contribution in [3.63, 3.8) is 0 Å². The molecule has 0 spiro atoms. The minimum Gasteiger partial charge on any atom is -0.480 e. The highest BCUT2D eigenvalue weighted by Gasteiger charge is 2.29. The van der Waals surface area contributed by atoms with Crippen LogP contribution < -0.4 is 5.73 Å². The summed E-state index contributed by atoms with van der Waals surface area (Å²) in [5, 5.41) is 18.5. The molecule has 0 radical (unpaired) electrons. The predicted octanol–water partition coefficient (Wildman–Crippen LogP) is -2.09. The van der Waals surface area contributed by atoms with Gasteiger partial charge in [-0.2, -0.15) is 0 Å². The lowest BCUT2D eigenvalue weighted by atomic mass is 10.1. The van der Waals surface area contributed by atoms with Crippen LogP contribution in [0.2, 0.25) is 0 Å². The van der Waals surface area contributed by atoms with Gasteiger partial charge in [0.2, 0.25) is 5.91 Å². The maximum absolute atomic E-state index is 11.5. The fourth-order valence-electron chi connectivity index (χ4n) is 2.84. The van der Waals surface area contributed by atoms with Gasteiger partial charge >= 0.3 is 11.9 Å². The third kappa shape index (κ3) is 8.05. The van der Waals surface area contributed by atoms with Crippen LogP contribution in [0.3, 0.4) is 0 Å². The van der Waals surface area contributed by atoms with E-state index in [1.54, 1.807) is 14.7 Å². The van der Waals surface area contributed by atoms with Gasteiger partial charge < -0.3 is 15.9 Å². The minimum atomic E-state index is -1.10. The van der Waals surface area contributed by atoms with E-state index in [1.807, 2.05) is 0 Å². The third-order valence-electron chi connectivity index (χ3n) is 4.08. The molecule has 0 saturated carbocycles. The maximum atomic E-state index is 11.5. The molecule has 10 nitrogen and oxygen atoms in total. The maximum Gasteiger partial charge on any atom is 0.321 e. The number of aliphatic carboxylic acids is 2. The molecule has 1 amide bonds. The van der Waals surface area contributed by atoms with Crippen LogP contribution in [-0.4, -0.2) is 107 Å². The first-order valence-corrected chi connectivity index (χ1v) is 8.10. The number of nitrogens with zero attached hydrogens (tertiary/aromatic N) is 3. The van der Waals surface area contributed by atoms with Gasteiger partial charge in [0, 0.05) is 45.7 Å². The summed E-state index contributed by atoms with van der Waals surface area (Å²) in [6.45, 7) is 3.49. The number of carboxylic acid groups (broad SMARTS) is 2. The van der Waals surface area contributed by atoms with Crippen LogP contribution in [-0.2, 0) is 19.2 Å². The molecule has 0 aromatic rings. The summed E-state index contributed by atoms with van der Waals surface area (Å²) >= 11 is 0. The highest BCUT2D eigenvalue weighted by molar-refractivity contribution is 5.84. The second-order valence-electron chi connectivity index (χ2n) is 6.21. The Bertz CT molecular complexity index is 484. The van der Waals surface area contributed by atoms with Gasteiger partial charge in [0.1, 0.15) is 11.8 Å². The molecule has 1 rings (SSSR count). The second-order valence-corrected chi connectivity index (χ2v) is 6.21. The summed E-state index contributed by atoms with van der Waals surface area (Å²) in [5.74, 6) is -2.82. The standard InChI is InChI=1S/C15H26N4O6/c1-11(20)8-12(15(24)25)19-6-4-17(9-13(16)21)2-3-18(5-7-19)10-14(22)23/h12H,2-10H2,1H3,(H2,16,21)(H,22,23)(H,24,25). The van der Waals surface area contributed by atoms with Gasteiger partial charge in [-0.05, 0) is 6.92 Å². The summed E-state index contributed by atoms with van der Waals surface area (Å²) < 4.78 is 0. The van der Waals surface area contributed by atoms with Crippen molar-refractivity contribution in [1.82, 2.24) is 14.7 Å². The first kappa shape index (κ1) is 21.0. The number of carbonyl (C=O) groups excluding carboxylic acids is 2. The fraction of sp³-hybridized carbons (Fsp3) is 0.733. The van der Waals surface area contributed by atoms with Crippen molar-refractivity contribution >= 4 is 23.6 Å². The second kappa shape index (κ2) is 10.1. The van der Waals surface area contributed by atoms with E-state index in [1.165, 1.54) is 6.92 Å². The SMILES string of the molecule is CC(=O)CC(C(=O)O)N1CCN(CC(N)=O)CCN(CC(=O)O)CC1. The molecular formula is C15H26N4O6. The number of carbonyl (C=O) groups is 4. The Labute approximate surface area is 146 Å². The summed E-state index contributed by atoms with van der Waals surface area (Å²) in [7, 11) is 0. The lowest BCUT2D eigenvalue weighted by Crippen LogP contribution is -2.48. The average Bonchev–Trinajstić information content (AvgIpc) is 2.56. The van der Waals surface area contributed by atoms with Crippen molar-refractivity contribution in [3.05, 3.63) is 0 Å². The van der Waals surface area contributed by atoms with Gasteiger partial charge in [-0.3, -0.25) is 33.9 Å². The van der Waals surface area contributed by atoms with Crippen molar-refractivity contribution in [2.45, 2.75) is 19.4 Å². The number of ketones is 1. The van der Waals surface area contributed by atoms with E-state index in [9.17, 15) is 24.3 Å². The van der Waals surface area contributed by atoms with Crippen molar-refractivity contribution in [3.8, 4) is 0 Å². The molecular weight excluding hydrogens is 332 g/mol. The van der Waals surface area contributed by atoms with E-state index in [4.69, 9.17) is 10.8 Å². The van der Waals surface area contributed by atoms with E-state index in [-0.39, 0.29) is 25.3 Å². The molecule has 10 heteroatoms. The number of rotatable bonds is 8. The predicted molar refractivity (Wildman–Crippen MR) is 88.0 cm³/mol. The van der Waals surface area contributed by atoms with Crippen LogP contribution in [0.4, 0.5) is 0 Å². The first-order chi connectivity index (χ1) is 11.7. The van der Waals surface area contributed by atoms with Crippen LogP contribution in [0.25, 0.3) is 0 Å². The Morgan fingerprint density at radius 3 is 1.80 bits per heavy atom. The van der Waals surface area contributed by atoms with E-state index >= 15 is 0 Å². The van der Waals surface area contributed by atoms with Crippen LogP contribution in [0.1, 0.15) is 13.3 Å². The topological polar surface area (TPSA) is 144 Å². The number of nitrogens with two attached hydrogens (primary N) is 1. The molecule has 1 atom stereocenters. The highest BCUT2D eigenvalue weighted by atomic mass is 16.4. The third-order valence-corrected chi connectivity index (χ3v) is 4.08. The molecule has 142 valence electrons. The monoisotopic (exact) mass is 358 g/mol. The molecule has 0 aromatic heterocycles. The van der Waals surface area contributed by atoms with Crippen molar-refractivity contribution in [2.24, 2.45) is 5.73 Å². The van der Waals surface area contributed by atoms with Gasteiger partial charge in [-0.1, -0.05) is 0 Å². The smallest absolute Gasteiger partial charge is 0.321 e. The number of hydrogen-bond acceptors (Lipinski definition) is 7. The largest absolute Gasteiger partial charge is 0.480 e. The summed E-state index contributed by atoms with van der Waals surface area (Å²) in [4.78, 5) is 50.2. The zero-order chi connectivity index (χ0) is 19.0. The Morgan fingerprint density at radius 1 is 0.920 bits per heavy atom. The number of Topliss-reactive ketones (excluding diaryl/α,β-unsaturated/α-hetero) is 1. The minimum absolute atomic E-state index is 0.0131. The summed E-state index contributed by atoms with van der Waals surface area (Å²) in [6, 6.07) is -0.974. The fourth-order valence-corrected chi connectivity index (χ4v) is 2.84. The number of carboxylic acids is 2. The quantitative estimate of drug-likeness (QED) is 0.444. The van der Waals surface area contributed by atoms with Crippen LogP contribution in [0.15, 0.2) is 0 Å². The lowest BCUT2D eigenvalue weighted by Gasteiger charge is -2.30. The van der Waals surface area contributed by atoms with E-state index in [2.05, 4.69) is 0 Å². The Kier molecular flexibility index (Phi) is 8.46. The molecule has 0 aliphatic carbocycles. The highest BCUT2D eigenvalue weighted by Crippen LogP contribution is 2.09. The lowest BCUT2D eigenvalue weighted by molar-refractivity contribution is -0.145. The first-order valence-electron chi connectivity index (χ1n) is 8.10. The normalized spacial score (nSPS) is 19.4. The average molecular weight is 358 g/mol. The Hall–Kier alpha value is -2.04. The summed E-state index contributed by atoms with van der Waals surface area (Å²) in [6.07, 6.45) is -0.121. The van der Waals surface area contributed by atoms with Crippen molar-refractivity contribution in [2.75, 3.05) is 52.4 Å². The van der Waals surface area contributed by atoms with E-state index in [0.717, 1.165) is 0 Å². The molecule has 4 N–H and O–H groups in total. The molecule has 1 unspecified atom stereocenters. The molecule has 0 aromatic carbocycles. The molecule has 25 heavy (non-hydrogen) atoms. The van der Waals surface area contributed by atoms with Gasteiger partial charge in [0.25, 0.3) is 0 Å². The summed E-state index contributed by atoms with van der Waals surface area (Å²) in [5.41, 5.74) is 5.24. The molecule has 0 bridgehead atoms. The van der Waals surface area contributed by atoms with E-state index < -0.39 is 23.9 Å². The molecule has 1 aliphatic rings. The zero-order valence-electron chi connectivity index (χ0n) is 14.4. The number of primary amides is 1. The molecule has 1 aliphatic heterocycles. The van der Waals surface area contributed by atoms with E-state index in [0.29, 0.717) is 39.3 Å². The Balaban J connectivity index is 2.92. The van der Waals surface area contributed by atoms with Gasteiger partial charge in [-0.25, -0.2) is 0 Å². The molecule has 1 fully saturated rings. The van der Waals surface area contributed by atoms with Gasteiger partial charge in [-0.15, -0.1) is 0 Å². The number of amides is 1. The number of hydrogen-bond donors (Lipinski definition) is 3. The van der Waals surface area contributed by atoms with Crippen LogP contribution >= 0.6 is 0 Å². The van der Waals surface area contributed by atoms with Gasteiger partial charge in [0.05, 0.1) is 13.1 Å². The van der Waals surface area contributed by atoms with Crippen LogP contribution in [0.5, 0.6) is 0 Å². The molecule has 1 saturated heterocycles.